The number of pyridine rings is 1. The van der Waals surface area contributed by atoms with Crippen molar-refractivity contribution in [3.63, 3.8) is 0 Å². The lowest BCUT2D eigenvalue weighted by molar-refractivity contribution is -0.896. The molecule has 0 aliphatic carbocycles. The monoisotopic (exact) mass is 393 g/mol. The molecule has 1 fully saturated rings. The maximum Gasteiger partial charge on any atom is 0.295 e. The molecule has 1 saturated heterocycles. The SMILES string of the molecule is CC[NH+](CC)CCCN1C(=O)C(=O)C(=C([O-])c2ccccc2)C1c1ccncc1. The predicted octanol–water partition coefficient (Wildman–Crippen LogP) is 0.620. The molecule has 1 aliphatic heterocycles. The molecule has 1 amide bonds. The minimum atomic E-state index is -0.698. The number of likely N-dealkylation sites (tertiary alicyclic amines) is 1. The average molecular weight is 393 g/mol. The molecule has 1 aromatic carbocycles. The number of amides is 1. The number of rotatable bonds is 8. The average Bonchev–Trinajstić information content (AvgIpc) is 3.02. The van der Waals surface area contributed by atoms with E-state index in [1.165, 1.54) is 4.90 Å². The first-order chi connectivity index (χ1) is 14.1. The molecule has 1 aliphatic rings. The highest BCUT2D eigenvalue weighted by molar-refractivity contribution is 6.46. The molecule has 1 atom stereocenters. The van der Waals surface area contributed by atoms with Crippen LogP contribution in [-0.2, 0) is 9.59 Å². The molecule has 0 radical (unpaired) electrons. The van der Waals surface area contributed by atoms with Gasteiger partial charge < -0.3 is 14.9 Å². The van der Waals surface area contributed by atoms with Crippen molar-refractivity contribution in [2.24, 2.45) is 0 Å². The summed E-state index contributed by atoms with van der Waals surface area (Å²) < 4.78 is 0. The first-order valence-corrected chi connectivity index (χ1v) is 10.1. The van der Waals surface area contributed by atoms with Crippen molar-refractivity contribution in [3.8, 4) is 0 Å². The van der Waals surface area contributed by atoms with Crippen molar-refractivity contribution >= 4 is 17.4 Å². The number of hydrogen-bond donors (Lipinski definition) is 1. The molecule has 29 heavy (non-hydrogen) atoms. The number of ketones is 1. The third-order valence-electron chi connectivity index (χ3n) is 5.52. The Bertz CT molecular complexity index is 877. The number of carbonyl (C=O) groups is 2. The van der Waals surface area contributed by atoms with Gasteiger partial charge in [0.2, 0.25) is 5.78 Å². The van der Waals surface area contributed by atoms with E-state index < -0.39 is 17.7 Å². The van der Waals surface area contributed by atoms with Crippen LogP contribution in [0.2, 0.25) is 0 Å². The fourth-order valence-corrected chi connectivity index (χ4v) is 3.84. The molecule has 1 N–H and O–H groups in total. The second-order valence-corrected chi connectivity index (χ2v) is 7.18. The summed E-state index contributed by atoms with van der Waals surface area (Å²) >= 11 is 0. The van der Waals surface area contributed by atoms with E-state index in [4.69, 9.17) is 0 Å². The number of hydrogen-bond acceptors (Lipinski definition) is 4. The minimum absolute atomic E-state index is 0.0302. The van der Waals surface area contributed by atoms with Gasteiger partial charge in [-0.15, -0.1) is 0 Å². The molecule has 0 spiro atoms. The van der Waals surface area contributed by atoms with Crippen LogP contribution < -0.4 is 10.0 Å². The third kappa shape index (κ3) is 4.38. The van der Waals surface area contributed by atoms with Crippen molar-refractivity contribution in [3.05, 3.63) is 71.6 Å². The second-order valence-electron chi connectivity index (χ2n) is 7.18. The number of nitrogens with zero attached hydrogens (tertiary/aromatic N) is 2. The molecule has 2 heterocycles. The second kappa shape index (κ2) is 9.47. The number of aromatic nitrogens is 1. The fraction of sp³-hybridized carbons (Fsp3) is 0.348. The van der Waals surface area contributed by atoms with Gasteiger partial charge in [0, 0.05) is 30.9 Å². The molecular weight excluding hydrogens is 366 g/mol. The van der Waals surface area contributed by atoms with Crippen LogP contribution in [0.4, 0.5) is 0 Å². The number of carbonyl (C=O) groups excluding carboxylic acids is 2. The molecule has 152 valence electrons. The van der Waals surface area contributed by atoms with Crippen LogP contribution in [-0.4, -0.2) is 47.8 Å². The van der Waals surface area contributed by atoms with Gasteiger partial charge in [0.1, 0.15) is 0 Å². The Morgan fingerprint density at radius 2 is 1.72 bits per heavy atom. The van der Waals surface area contributed by atoms with Crippen molar-refractivity contribution in [1.82, 2.24) is 9.88 Å². The van der Waals surface area contributed by atoms with Crippen LogP contribution in [0.3, 0.4) is 0 Å². The van der Waals surface area contributed by atoms with Gasteiger partial charge in [-0.25, -0.2) is 0 Å². The lowest BCUT2D eigenvalue weighted by Gasteiger charge is -2.28. The Morgan fingerprint density at radius 1 is 1.07 bits per heavy atom. The van der Waals surface area contributed by atoms with Gasteiger partial charge in [-0.05, 0) is 37.1 Å². The molecule has 3 rings (SSSR count). The zero-order valence-electron chi connectivity index (χ0n) is 16.9. The van der Waals surface area contributed by atoms with E-state index in [2.05, 4.69) is 18.8 Å². The quantitative estimate of drug-likeness (QED) is 0.405. The minimum Gasteiger partial charge on any atom is -0.872 e. The van der Waals surface area contributed by atoms with E-state index in [0.717, 1.165) is 31.6 Å². The Balaban J connectivity index is 1.98. The maximum atomic E-state index is 13.2. The smallest absolute Gasteiger partial charge is 0.295 e. The summed E-state index contributed by atoms with van der Waals surface area (Å²) in [6.07, 6.45) is 4.00. The highest BCUT2D eigenvalue weighted by Crippen LogP contribution is 2.38. The molecule has 6 nitrogen and oxygen atoms in total. The van der Waals surface area contributed by atoms with Gasteiger partial charge in [-0.1, -0.05) is 36.1 Å². The number of quaternary nitrogens is 1. The van der Waals surface area contributed by atoms with E-state index in [0.29, 0.717) is 12.1 Å². The molecule has 2 aromatic rings. The van der Waals surface area contributed by atoms with Crippen LogP contribution in [0.1, 0.15) is 37.4 Å². The van der Waals surface area contributed by atoms with Crippen molar-refractivity contribution < 1.29 is 19.6 Å². The molecule has 6 heteroatoms. The summed E-state index contributed by atoms with van der Waals surface area (Å²) in [7, 11) is 0. The van der Waals surface area contributed by atoms with Crippen LogP contribution >= 0.6 is 0 Å². The largest absolute Gasteiger partial charge is 0.872 e. The van der Waals surface area contributed by atoms with Gasteiger partial charge in [-0.2, -0.15) is 0 Å². The standard InChI is InChI=1S/C23H27N3O3/c1-3-25(4-2)15-8-16-26-20(17-11-13-24-14-12-17)19(22(28)23(26)29)21(27)18-9-6-5-7-10-18/h5-7,9-14,20,27H,3-4,8,15-16H2,1-2H3. The molecule has 1 aromatic heterocycles. The van der Waals surface area contributed by atoms with Crippen molar-refractivity contribution in [2.75, 3.05) is 26.2 Å². The molecule has 1 unspecified atom stereocenters. The number of nitrogens with one attached hydrogen (secondary N) is 1. The Kier molecular flexibility index (Phi) is 6.77. The van der Waals surface area contributed by atoms with Crippen LogP contribution in [0.15, 0.2) is 60.4 Å². The van der Waals surface area contributed by atoms with E-state index in [-0.39, 0.29) is 11.3 Å². The Morgan fingerprint density at radius 3 is 2.34 bits per heavy atom. The first kappa shape index (κ1) is 20.7. The van der Waals surface area contributed by atoms with Gasteiger partial charge in [0.15, 0.2) is 0 Å². The summed E-state index contributed by atoms with van der Waals surface area (Å²) in [5.41, 5.74) is 1.17. The maximum absolute atomic E-state index is 13.2. The number of benzene rings is 1. The van der Waals surface area contributed by atoms with Gasteiger partial charge in [-0.3, -0.25) is 14.6 Å². The van der Waals surface area contributed by atoms with E-state index in [1.54, 1.807) is 53.7 Å². The normalized spacial score (nSPS) is 18.6. The Hall–Kier alpha value is -2.99. The highest BCUT2D eigenvalue weighted by Gasteiger charge is 2.43. The van der Waals surface area contributed by atoms with Crippen molar-refractivity contribution in [2.45, 2.75) is 26.3 Å². The fourth-order valence-electron chi connectivity index (χ4n) is 3.84. The van der Waals surface area contributed by atoms with Crippen LogP contribution in [0.25, 0.3) is 5.76 Å². The van der Waals surface area contributed by atoms with E-state index in [9.17, 15) is 14.7 Å². The summed E-state index contributed by atoms with van der Waals surface area (Å²) in [6, 6.07) is 11.5. The van der Waals surface area contributed by atoms with Gasteiger partial charge >= 0.3 is 0 Å². The zero-order valence-corrected chi connectivity index (χ0v) is 16.9. The first-order valence-electron chi connectivity index (χ1n) is 10.1. The summed E-state index contributed by atoms with van der Waals surface area (Å²) in [4.78, 5) is 32.7. The van der Waals surface area contributed by atoms with Gasteiger partial charge in [0.25, 0.3) is 5.91 Å². The Labute approximate surface area is 171 Å². The van der Waals surface area contributed by atoms with Crippen LogP contribution in [0, 0.1) is 0 Å². The van der Waals surface area contributed by atoms with Crippen LogP contribution in [0.5, 0.6) is 0 Å². The number of Topliss-reactive ketones (excluding diaryl/α,β-unsaturated/α-hetero) is 1. The predicted molar refractivity (Wildman–Crippen MR) is 109 cm³/mol. The molecular formula is C23H27N3O3. The third-order valence-corrected chi connectivity index (χ3v) is 5.52. The lowest BCUT2D eigenvalue weighted by atomic mass is 9.96. The van der Waals surface area contributed by atoms with Gasteiger partial charge in [0.05, 0.1) is 25.7 Å². The van der Waals surface area contributed by atoms with E-state index >= 15 is 0 Å². The summed E-state index contributed by atoms with van der Waals surface area (Å²) in [6.45, 7) is 7.64. The molecule has 0 saturated carbocycles. The lowest BCUT2D eigenvalue weighted by Crippen LogP contribution is -3.11. The topological polar surface area (TPSA) is 77.8 Å². The summed E-state index contributed by atoms with van der Waals surface area (Å²) in [5.74, 6) is -1.68. The zero-order chi connectivity index (χ0) is 20.8. The summed E-state index contributed by atoms with van der Waals surface area (Å²) in [5, 5.41) is 13.2. The van der Waals surface area contributed by atoms with Crippen molar-refractivity contribution in [1.29, 1.82) is 0 Å². The van der Waals surface area contributed by atoms with E-state index in [1.807, 2.05) is 6.07 Å². The highest BCUT2D eigenvalue weighted by atomic mass is 16.3. The molecule has 0 bridgehead atoms.